The lowest BCUT2D eigenvalue weighted by atomic mass is 9.79. The third-order valence-corrected chi connectivity index (χ3v) is 3.48. The Kier molecular flexibility index (Phi) is 7.44. The number of barbiturate groups is 1. The van der Waals surface area contributed by atoms with Gasteiger partial charge in [-0.25, -0.2) is 4.79 Å². The second-order valence-corrected chi connectivity index (χ2v) is 4.86. The Bertz CT molecular complexity index is 360. The fourth-order valence-corrected chi connectivity index (χ4v) is 1.62. The molecule has 1 rings (SSSR count). The van der Waals surface area contributed by atoms with Crippen LogP contribution >= 0.6 is 0 Å². The molecular formula is C12H23N3O6. The first-order valence-electron chi connectivity index (χ1n) is 6.53. The van der Waals surface area contributed by atoms with E-state index in [0.29, 0.717) is 12.8 Å². The minimum absolute atomic E-state index is 0.397. The molecule has 0 radical (unpaired) electrons. The lowest BCUT2D eigenvalue weighted by Crippen LogP contribution is -2.61. The zero-order valence-corrected chi connectivity index (χ0v) is 12.2. The SMILES string of the molecule is CCC1(CC)C(=O)NC(=O)NC1=O.NC(CO)(CO)CO. The van der Waals surface area contributed by atoms with Crippen molar-refractivity contribution in [3.05, 3.63) is 0 Å². The quantitative estimate of drug-likeness (QED) is 0.314. The summed E-state index contributed by atoms with van der Waals surface area (Å²) in [6, 6.07) is -0.729. The monoisotopic (exact) mass is 305 g/mol. The summed E-state index contributed by atoms with van der Waals surface area (Å²) in [6.45, 7) is 2.29. The number of imide groups is 2. The van der Waals surface area contributed by atoms with Crippen molar-refractivity contribution in [3.8, 4) is 0 Å². The van der Waals surface area contributed by atoms with Gasteiger partial charge in [-0.15, -0.1) is 0 Å². The molecule has 9 nitrogen and oxygen atoms in total. The number of rotatable bonds is 5. The number of aliphatic hydroxyl groups excluding tert-OH is 3. The molecule has 122 valence electrons. The Hall–Kier alpha value is -1.55. The van der Waals surface area contributed by atoms with Crippen molar-refractivity contribution in [2.24, 2.45) is 11.1 Å². The molecule has 0 bridgehead atoms. The third-order valence-electron chi connectivity index (χ3n) is 3.48. The van der Waals surface area contributed by atoms with Gasteiger partial charge < -0.3 is 21.1 Å². The largest absolute Gasteiger partial charge is 0.394 e. The maximum Gasteiger partial charge on any atom is 0.328 e. The summed E-state index contributed by atoms with van der Waals surface area (Å²) in [4.78, 5) is 33.6. The van der Waals surface area contributed by atoms with Crippen LogP contribution in [0.1, 0.15) is 26.7 Å². The van der Waals surface area contributed by atoms with Crippen molar-refractivity contribution >= 4 is 17.8 Å². The van der Waals surface area contributed by atoms with Gasteiger partial charge in [-0.1, -0.05) is 13.8 Å². The molecule has 0 aliphatic carbocycles. The van der Waals surface area contributed by atoms with Crippen LogP contribution in [0.25, 0.3) is 0 Å². The van der Waals surface area contributed by atoms with E-state index in [0.717, 1.165) is 0 Å². The zero-order chi connectivity index (χ0) is 16.7. The highest BCUT2D eigenvalue weighted by molar-refractivity contribution is 6.19. The Balaban J connectivity index is 0.000000433. The molecule has 0 aromatic heterocycles. The predicted octanol–water partition coefficient (Wildman–Crippen LogP) is -2.18. The first-order valence-corrected chi connectivity index (χ1v) is 6.53. The van der Waals surface area contributed by atoms with Crippen LogP contribution in [0.15, 0.2) is 0 Å². The summed E-state index contributed by atoms with van der Waals surface area (Å²) in [6.07, 6.45) is 0.795. The second kappa shape index (κ2) is 8.03. The lowest BCUT2D eigenvalue weighted by molar-refractivity contribution is -0.144. The smallest absolute Gasteiger partial charge is 0.328 e. The molecule has 0 atom stereocenters. The van der Waals surface area contributed by atoms with Gasteiger partial charge in [0.15, 0.2) is 0 Å². The average molecular weight is 305 g/mol. The van der Waals surface area contributed by atoms with Gasteiger partial charge in [0, 0.05) is 0 Å². The van der Waals surface area contributed by atoms with Gasteiger partial charge in [0.2, 0.25) is 11.8 Å². The maximum atomic E-state index is 11.4. The van der Waals surface area contributed by atoms with E-state index in [1.165, 1.54) is 0 Å². The van der Waals surface area contributed by atoms with Crippen LogP contribution in [0.4, 0.5) is 4.79 Å². The normalized spacial score (nSPS) is 17.5. The highest BCUT2D eigenvalue weighted by Gasteiger charge is 2.47. The molecule has 9 heteroatoms. The standard InChI is InChI=1S/C8H12N2O3.C4H11NO3/c1-3-8(4-2)5(11)9-7(13)10-6(8)12;5-4(1-6,2-7)3-8/h3-4H2,1-2H3,(H2,9,10,11,12,13);6-8H,1-3,5H2. The van der Waals surface area contributed by atoms with Crippen molar-refractivity contribution in [1.29, 1.82) is 0 Å². The first kappa shape index (κ1) is 19.4. The fraction of sp³-hybridized carbons (Fsp3) is 0.750. The van der Waals surface area contributed by atoms with E-state index < -0.39 is 48.6 Å². The summed E-state index contributed by atoms with van der Waals surface area (Å²) >= 11 is 0. The zero-order valence-electron chi connectivity index (χ0n) is 12.2. The predicted molar refractivity (Wildman–Crippen MR) is 72.9 cm³/mol. The van der Waals surface area contributed by atoms with E-state index in [-0.39, 0.29) is 0 Å². The van der Waals surface area contributed by atoms with Gasteiger partial charge in [0.05, 0.1) is 25.4 Å². The molecule has 4 amide bonds. The Labute approximate surface area is 122 Å². The van der Waals surface area contributed by atoms with Crippen LogP contribution in [0.3, 0.4) is 0 Å². The van der Waals surface area contributed by atoms with Gasteiger partial charge in [0.1, 0.15) is 5.41 Å². The average Bonchev–Trinajstić information content (AvgIpc) is 2.48. The van der Waals surface area contributed by atoms with Gasteiger partial charge in [0.25, 0.3) is 0 Å². The Morgan fingerprint density at radius 3 is 1.48 bits per heavy atom. The molecule has 1 fully saturated rings. The van der Waals surface area contributed by atoms with E-state index in [1.54, 1.807) is 13.8 Å². The van der Waals surface area contributed by atoms with Crippen LogP contribution in [-0.2, 0) is 9.59 Å². The topological polar surface area (TPSA) is 162 Å². The minimum atomic E-state index is -1.21. The number of carbonyl (C=O) groups is 3. The van der Waals surface area contributed by atoms with Gasteiger partial charge in [-0.2, -0.15) is 0 Å². The molecular weight excluding hydrogens is 282 g/mol. The van der Waals surface area contributed by atoms with Crippen LogP contribution in [-0.4, -0.2) is 58.5 Å². The number of nitrogens with one attached hydrogen (secondary N) is 2. The highest BCUT2D eigenvalue weighted by Crippen LogP contribution is 2.28. The number of aliphatic hydroxyl groups is 3. The lowest BCUT2D eigenvalue weighted by Gasteiger charge is -2.31. The molecule has 7 N–H and O–H groups in total. The van der Waals surface area contributed by atoms with E-state index in [2.05, 4.69) is 10.6 Å². The minimum Gasteiger partial charge on any atom is -0.394 e. The molecule has 0 unspecified atom stereocenters. The summed E-state index contributed by atoms with van der Waals surface area (Å²) in [5.41, 5.74) is 2.88. The molecule has 0 aromatic rings. The van der Waals surface area contributed by atoms with Crippen LogP contribution in [0.5, 0.6) is 0 Å². The van der Waals surface area contributed by atoms with E-state index in [4.69, 9.17) is 21.1 Å². The van der Waals surface area contributed by atoms with Crippen molar-refractivity contribution in [2.45, 2.75) is 32.2 Å². The third kappa shape index (κ3) is 4.46. The molecule has 1 aliphatic heterocycles. The molecule has 0 aromatic carbocycles. The van der Waals surface area contributed by atoms with Crippen molar-refractivity contribution in [2.75, 3.05) is 19.8 Å². The van der Waals surface area contributed by atoms with Gasteiger partial charge in [-0.05, 0) is 12.8 Å². The number of amides is 4. The van der Waals surface area contributed by atoms with Crippen molar-refractivity contribution in [3.63, 3.8) is 0 Å². The number of nitrogens with two attached hydrogens (primary N) is 1. The molecule has 1 aliphatic rings. The van der Waals surface area contributed by atoms with Crippen LogP contribution in [0.2, 0.25) is 0 Å². The molecule has 0 spiro atoms. The van der Waals surface area contributed by atoms with Gasteiger partial charge in [-0.3, -0.25) is 20.2 Å². The van der Waals surface area contributed by atoms with Crippen LogP contribution in [0, 0.1) is 5.41 Å². The highest BCUT2D eigenvalue weighted by atomic mass is 16.3. The van der Waals surface area contributed by atoms with E-state index in [1.807, 2.05) is 0 Å². The molecule has 1 heterocycles. The summed E-state index contributed by atoms with van der Waals surface area (Å²) in [5, 5.41) is 29.2. The number of hydrogen-bond acceptors (Lipinski definition) is 7. The maximum absolute atomic E-state index is 11.4. The number of hydrogen-bond donors (Lipinski definition) is 6. The van der Waals surface area contributed by atoms with Crippen molar-refractivity contribution < 1.29 is 29.7 Å². The molecule has 1 saturated heterocycles. The van der Waals surface area contributed by atoms with Crippen LogP contribution < -0.4 is 16.4 Å². The Morgan fingerprint density at radius 1 is 0.952 bits per heavy atom. The summed E-state index contributed by atoms with van der Waals surface area (Å²) in [7, 11) is 0. The van der Waals surface area contributed by atoms with E-state index in [9.17, 15) is 14.4 Å². The molecule has 0 saturated carbocycles. The Morgan fingerprint density at radius 2 is 1.29 bits per heavy atom. The first-order chi connectivity index (χ1) is 9.75. The molecule has 21 heavy (non-hydrogen) atoms. The van der Waals surface area contributed by atoms with E-state index >= 15 is 0 Å². The summed E-state index contributed by atoms with van der Waals surface area (Å²) in [5.74, 6) is -0.988. The summed E-state index contributed by atoms with van der Waals surface area (Å²) < 4.78 is 0. The fourth-order valence-electron chi connectivity index (χ4n) is 1.62. The van der Waals surface area contributed by atoms with Crippen molar-refractivity contribution in [1.82, 2.24) is 10.6 Å². The second-order valence-electron chi connectivity index (χ2n) is 4.86. The number of urea groups is 1. The van der Waals surface area contributed by atoms with Gasteiger partial charge >= 0.3 is 6.03 Å². The number of carbonyl (C=O) groups excluding carboxylic acids is 3.